The van der Waals surface area contributed by atoms with Crippen molar-refractivity contribution in [2.75, 3.05) is 4.90 Å². The van der Waals surface area contributed by atoms with Gasteiger partial charge in [0, 0.05) is 17.5 Å². The second-order valence-electron chi connectivity index (χ2n) is 17.4. The first-order valence-corrected chi connectivity index (χ1v) is 23.2. The maximum Gasteiger partial charge on any atom is 0.0754 e. The van der Waals surface area contributed by atoms with E-state index in [2.05, 4.69) is 223 Å². The van der Waals surface area contributed by atoms with Gasteiger partial charge in [0.15, 0.2) is 0 Å². The van der Waals surface area contributed by atoms with Crippen LogP contribution in [0.4, 0.5) is 17.1 Å². The molecule has 3 heteroatoms. The molecular formula is C65H45N3. The lowest BCUT2D eigenvalue weighted by molar-refractivity contribution is 0.753. The van der Waals surface area contributed by atoms with E-state index in [-0.39, 0.29) is 0 Å². The smallest absolute Gasteiger partial charge is 0.0754 e. The summed E-state index contributed by atoms with van der Waals surface area (Å²) < 4.78 is 0. The topological polar surface area (TPSA) is 39.5 Å². The average molecular weight is 868 g/mol. The van der Waals surface area contributed by atoms with Crippen molar-refractivity contribution < 1.29 is 0 Å². The van der Waals surface area contributed by atoms with E-state index in [0.29, 0.717) is 11.4 Å². The van der Waals surface area contributed by atoms with Gasteiger partial charge in [0.25, 0.3) is 0 Å². The van der Waals surface area contributed by atoms with Gasteiger partial charge in [-0.25, -0.2) is 0 Å². The Morgan fingerprint density at radius 1 is 0.382 bits per heavy atom. The molecule has 68 heavy (non-hydrogen) atoms. The minimum Gasteiger partial charge on any atom is -0.310 e. The maximum atomic E-state index is 9.06. The van der Waals surface area contributed by atoms with Crippen LogP contribution >= 0.6 is 0 Å². The van der Waals surface area contributed by atoms with Crippen molar-refractivity contribution >= 4 is 34.7 Å². The Morgan fingerprint density at radius 2 is 0.868 bits per heavy atom. The average Bonchev–Trinajstić information content (AvgIpc) is 3.70. The van der Waals surface area contributed by atoms with E-state index in [1.54, 1.807) is 0 Å². The first-order chi connectivity index (χ1) is 33.6. The van der Waals surface area contributed by atoms with Crippen molar-refractivity contribution in [2.24, 2.45) is 4.99 Å². The van der Waals surface area contributed by atoms with Gasteiger partial charge in [-0.05, 0) is 114 Å². The highest BCUT2D eigenvalue weighted by atomic mass is 15.2. The van der Waals surface area contributed by atoms with Gasteiger partial charge in [0.2, 0.25) is 0 Å². The molecule has 10 aromatic carbocycles. The first kappa shape index (κ1) is 40.6. The predicted octanol–water partition coefficient (Wildman–Crippen LogP) is 16.4. The quantitative estimate of drug-likeness (QED) is 0.144. The number of rotatable bonds is 9. The standard InChI is InChI=1S/C65H45N3/c66-61(49-20-6-2-7-21-49)43-62(67-44-45-32-34-47(35-33-45)46-18-4-1-5-19-46)50-38-36-48(37-39-50)53-24-10-11-25-54(53)51-40-41-56-55-26-12-13-27-57(55)65(60(56)42-51)58-28-14-16-30-63(58)68(52-22-8-3-9-23-52)64-31-17-15-29-59(64)65/h1-44,66H/b62-43-,66-61?,67-44+. The molecular weight excluding hydrogens is 823 g/mol. The molecule has 0 atom stereocenters. The van der Waals surface area contributed by atoms with Gasteiger partial charge in [-0.3, -0.25) is 4.99 Å². The lowest BCUT2D eigenvalue weighted by atomic mass is 9.64. The summed E-state index contributed by atoms with van der Waals surface area (Å²) in [5.41, 5.74) is 21.4. The van der Waals surface area contributed by atoms with Crippen molar-refractivity contribution in [1.82, 2.24) is 0 Å². The molecule has 0 unspecified atom stereocenters. The number of allylic oxidation sites excluding steroid dienone is 1. The Morgan fingerprint density at radius 3 is 1.53 bits per heavy atom. The molecule has 0 aromatic heterocycles. The number of nitrogens with zero attached hydrogens (tertiary/aromatic N) is 2. The molecule has 10 aromatic rings. The second kappa shape index (κ2) is 17.1. The number of hydrogen-bond acceptors (Lipinski definition) is 3. The number of aliphatic imine (C=N–C) groups is 1. The molecule has 2 aliphatic rings. The van der Waals surface area contributed by atoms with Crippen LogP contribution in [0.25, 0.3) is 50.2 Å². The lowest BCUT2D eigenvalue weighted by Crippen LogP contribution is -2.36. The van der Waals surface area contributed by atoms with Gasteiger partial charge in [-0.2, -0.15) is 0 Å². The van der Waals surface area contributed by atoms with Crippen LogP contribution in [0.2, 0.25) is 0 Å². The highest BCUT2D eigenvalue weighted by molar-refractivity contribution is 6.11. The highest BCUT2D eigenvalue weighted by Gasteiger charge is 2.51. The molecule has 0 bridgehead atoms. The number of anilines is 3. The zero-order chi connectivity index (χ0) is 45.4. The van der Waals surface area contributed by atoms with Gasteiger partial charge >= 0.3 is 0 Å². The molecule has 1 heterocycles. The predicted molar refractivity (Wildman–Crippen MR) is 284 cm³/mol. The van der Waals surface area contributed by atoms with Crippen LogP contribution in [0.3, 0.4) is 0 Å². The Bertz CT molecular complexity index is 3510. The van der Waals surface area contributed by atoms with Crippen molar-refractivity contribution in [3.05, 3.63) is 300 Å². The van der Waals surface area contributed by atoms with Crippen LogP contribution in [0.1, 0.15) is 38.9 Å². The fourth-order valence-corrected chi connectivity index (χ4v) is 10.5. The van der Waals surface area contributed by atoms with Gasteiger partial charge < -0.3 is 10.3 Å². The number of nitrogens with one attached hydrogen (secondary N) is 1. The van der Waals surface area contributed by atoms with E-state index in [4.69, 9.17) is 10.4 Å². The third-order valence-corrected chi connectivity index (χ3v) is 13.6. The monoisotopic (exact) mass is 867 g/mol. The molecule has 0 amide bonds. The Kier molecular flexibility index (Phi) is 10.2. The molecule has 1 spiro atoms. The Balaban J connectivity index is 0.944. The highest BCUT2D eigenvalue weighted by Crippen LogP contribution is 2.63. The van der Waals surface area contributed by atoms with E-state index >= 15 is 0 Å². The van der Waals surface area contributed by atoms with E-state index in [9.17, 15) is 0 Å². The summed E-state index contributed by atoms with van der Waals surface area (Å²) in [6.45, 7) is 0. The van der Waals surface area contributed by atoms with Gasteiger partial charge in [0.1, 0.15) is 0 Å². The van der Waals surface area contributed by atoms with Crippen LogP contribution in [-0.4, -0.2) is 11.9 Å². The summed E-state index contributed by atoms with van der Waals surface area (Å²) in [4.78, 5) is 7.47. The molecule has 1 aliphatic heterocycles. The minimum atomic E-state index is -0.544. The van der Waals surface area contributed by atoms with Crippen LogP contribution in [0.5, 0.6) is 0 Å². The summed E-state index contributed by atoms with van der Waals surface area (Å²) in [6, 6.07) is 90.9. The normalized spacial score (nSPS) is 13.2. The Labute approximate surface area is 397 Å². The van der Waals surface area contributed by atoms with Crippen LogP contribution in [0, 0.1) is 5.41 Å². The number of benzene rings is 10. The van der Waals surface area contributed by atoms with Gasteiger partial charge in [-0.1, -0.05) is 224 Å². The summed E-state index contributed by atoms with van der Waals surface area (Å²) in [6.07, 6.45) is 3.76. The summed E-state index contributed by atoms with van der Waals surface area (Å²) >= 11 is 0. The minimum absolute atomic E-state index is 0.402. The zero-order valence-corrected chi connectivity index (χ0v) is 37.3. The summed E-state index contributed by atoms with van der Waals surface area (Å²) in [5.74, 6) is 0. The fourth-order valence-electron chi connectivity index (χ4n) is 10.5. The van der Waals surface area contributed by atoms with Crippen molar-refractivity contribution in [1.29, 1.82) is 5.41 Å². The second-order valence-corrected chi connectivity index (χ2v) is 17.4. The van der Waals surface area contributed by atoms with Crippen molar-refractivity contribution in [3.8, 4) is 44.5 Å². The molecule has 1 N–H and O–H groups in total. The molecule has 0 saturated heterocycles. The SMILES string of the molecule is N=C(/C=C(\N=C\c1ccc(-c2ccccc2)cc1)c1ccc(-c2ccccc2-c2ccc3c(c2)C2(c4ccccc4-3)c3ccccc3N(c3ccccc3)c3ccccc32)cc1)c1ccccc1. The third kappa shape index (κ3) is 6.92. The summed E-state index contributed by atoms with van der Waals surface area (Å²) in [5, 5.41) is 9.06. The first-order valence-electron chi connectivity index (χ1n) is 23.2. The molecule has 12 rings (SSSR count). The number of hydrogen-bond donors (Lipinski definition) is 1. The van der Waals surface area contributed by atoms with Crippen molar-refractivity contribution in [3.63, 3.8) is 0 Å². The maximum absolute atomic E-state index is 9.06. The molecule has 1 aliphatic carbocycles. The van der Waals surface area contributed by atoms with Crippen LogP contribution in [-0.2, 0) is 5.41 Å². The molecule has 320 valence electrons. The number of fused-ring (bicyclic) bond motifs is 9. The summed E-state index contributed by atoms with van der Waals surface area (Å²) in [7, 11) is 0. The largest absolute Gasteiger partial charge is 0.310 e. The van der Waals surface area contributed by atoms with Gasteiger partial charge in [0.05, 0.1) is 28.2 Å². The molecule has 0 fully saturated rings. The third-order valence-electron chi connectivity index (χ3n) is 13.6. The zero-order valence-electron chi connectivity index (χ0n) is 37.3. The van der Waals surface area contributed by atoms with E-state index in [1.807, 2.05) is 48.7 Å². The fraction of sp³-hybridized carbons (Fsp3) is 0.0154. The molecule has 0 radical (unpaired) electrons. The van der Waals surface area contributed by atoms with Crippen molar-refractivity contribution in [2.45, 2.75) is 5.41 Å². The van der Waals surface area contributed by atoms with Gasteiger partial charge in [-0.15, -0.1) is 0 Å². The van der Waals surface area contributed by atoms with E-state index < -0.39 is 5.41 Å². The van der Waals surface area contributed by atoms with E-state index in [1.165, 1.54) is 50.3 Å². The molecule has 0 saturated carbocycles. The molecule has 3 nitrogen and oxygen atoms in total. The lowest BCUT2D eigenvalue weighted by Gasteiger charge is -2.45. The van der Waals surface area contributed by atoms with Crippen LogP contribution in [0.15, 0.2) is 266 Å². The number of para-hydroxylation sites is 3. The van der Waals surface area contributed by atoms with E-state index in [0.717, 1.165) is 50.2 Å². The Hall–Kier alpha value is -8.92. The van der Waals surface area contributed by atoms with Crippen LogP contribution < -0.4 is 4.90 Å².